The maximum atomic E-state index is 9.49. The summed E-state index contributed by atoms with van der Waals surface area (Å²) in [5.41, 5.74) is -0.132. The van der Waals surface area contributed by atoms with Gasteiger partial charge in [0.25, 0.3) is 0 Å². The number of hydrogen-bond acceptors (Lipinski definition) is 3. The van der Waals surface area contributed by atoms with E-state index in [1.165, 1.54) is 0 Å². The Balaban J connectivity index is 3.15. The van der Waals surface area contributed by atoms with Crippen LogP contribution in [-0.4, -0.2) is 22.0 Å². The summed E-state index contributed by atoms with van der Waals surface area (Å²) >= 11 is 0. The molecule has 1 aromatic rings. The van der Waals surface area contributed by atoms with Crippen LogP contribution in [0.5, 0.6) is 0 Å². The predicted octanol–water partition coefficient (Wildman–Crippen LogP) is 2.90. The number of hydrogen-bond donors (Lipinski definition) is 0. The smallest absolute Gasteiger partial charge is 0.193 e. The number of nitriles is 1. The van der Waals surface area contributed by atoms with E-state index in [4.69, 9.17) is 9.16 Å². The second-order valence-corrected chi connectivity index (χ2v) is 9.38. The molecular formula is C13H19NO2Si. The first-order chi connectivity index (χ1) is 7.93. The lowest BCUT2D eigenvalue weighted by Gasteiger charge is -2.33. The fourth-order valence-electron chi connectivity index (χ4n) is 1.72. The van der Waals surface area contributed by atoms with Crippen molar-refractivity contribution in [1.29, 1.82) is 5.26 Å². The molecule has 0 aromatic heterocycles. The summed E-state index contributed by atoms with van der Waals surface area (Å²) in [6, 6.07) is 11.8. The van der Waals surface area contributed by atoms with E-state index in [9.17, 15) is 5.26 Å². The van der Waals surface area contributed by atoms with Gasteiger partial charge in [-0.1, -0.05) is 30.3 Å². The van der Waals surface area contributed by atoms with Crippen LogP contribution >= 0.6 is 0 Å². The maximum Gasteiger partial charge on any atom is 0.193 e. The van der Waals surface area contributed by atoms with E-state index in [-0.39, 0.29) is 6.61 Å². The van der Waals surface area contributed by atoms with Crippen LogP contribution in [0, 0.1) is 11.3 Å². The Bertz CT molecular complexity index is 394. The summed E-state index contributed by atoms with van der Waals surface area (Å²) in [5.74, 6) is 0. The number of benzene rings is 1. The third-order valence-electron chi connectivity index (χ3n) is 2.25. The summed E-state index contributed by atoms with van der Waals surface area (Å²) in [7, 11) is -0.250. The zero-order valence-corrected chi connectivity index (χ0v) is 11.9. The van der Waals surface area contributed by atoms with Crippen LogP contribution in [0.3, 0.4) is 0 Å². The molecule has 0 aliphatic rings. The van der Waals surface area contributed by atoms with Gasteiger partial charge in [0.05, 0.1) is 6.61 Å². The predicted molar refractivity (Wildman–Crippen MR) is 70.0 cm³/mol. The van der Waals surface area contributed by atoms with Crippen molar-refractivity contribution in [3.05, 3.63) is 35.9 Å². The summed E-state index contributed by atoms with van der Waals surface area (Å²) in [5, 5.41) is 9.49. The molecule has 0 spiro atoms. The first kappa shape index (κ1) is 13.9. The van der Waals surface area contributed by atoms with Crippen LogP contribution in [0.25, 0.3) is 0 Å². The molecule has 1 aromatic carbocycles. The van der Waals surface area contributed by atoms with Gasteiger partial charge < -0.3 is 9.16 Å². The summed E-state index contributed by atoms with van der Waals surface area (Å²) in [6.07, 6.45) is 0. The molecule has 92 valence electrons. The first-order valence-electron chi connectivity index (χ1n) is 5.59. The molecular weight excluding hydrogens is 230 g/mol. The summed E-state index contributed by atoms with van der Waals surface area (Å²) in [6.45, 7) is 6.45. The Morgan fingerprint density at radius 2 is 1.82 bits per heavy atom. The fourth-order valence-corrected chi connectivity index (χ4v) is 2.99. The number of methoxy groups -OCH3 is 1. The van der Waals surface area contributed by atoms with E-state index in [0.717, 1.165) is 5.56 Å². The standard InChI is InChI=1S/C13H19NO2Si/c1-15-11-13(10-14,16-17(2,3)4)12-8-6-5-7-9-12/h5-9H,11H2,1-4H3. The Kier molecular flexibility index (Phi) is 4.46. The Morgan fingerprint density at radius 1 is 1.24 bits per heavy atom. The van der Waals surface area contributed by atoms with Gasteiger partial charge in [-0.3, -0.25) is 0 Å². The van der Waals surface area contributed by atoms with E-state index >= 15 is 0 Å². The fraction of sp³-hybridized carbons (Fsp3) is 0.462. The molecule has 17 heavy (non-hydrogen) atoms. The van der Waals surface area contributed by atoms with Gasteiger partial charge in [0, 0.05) is 7.11 Å². The molecule has 0 saturated carbocycles. The van der Waals surface area contributed by atoms with Crippen LogP contribution in [0.4, 0.5) is 0 Å². The highest BCUT2D eigenvalue weighted by atomic mass is 28.4. The van der Waals surface area contributed by atoms with Crippen LogP contribution in [0.1, 0.15) is 5.56 Å². The van der Waals surface area contributed by atoms with Gasteiger partial charge >= 0.3 is 0 Å². The average Bonchev–Trinajstić information content (AvgIpc) is 2.28. The van der Waals surface area contributed by atoms with Gasteiger partial charge in [0.1, 0.15) is 6.07 Å². The van der Waals surface area contributed by atoms with Crippen LogP contribution in [-0.2, 0) is 14.8 Å². The van der Waals surface area contributed by atoms with Crippen molar-refractivity contribution in [2.75, 3.05) is 13.7 Å². The van der Waals surface area contributed by atoms with Crippen molar-refractivity contribution in [3.63, 3.8) is 0 Å². The highest BCUT2D eigenvalue weighted by molar-refractivity contribution is 6.69. The molecule has 0 radical (unpaired) electrons. The second-order valence-electron chi connectivity index (χ2n) is 4.95. The Hall–Kier alpha value is -1.15. The lowest BCUT2D eigenvalue weighted by molar-refractivity contribution is 0.0231. The molecule has 0 N–H and O–H groups in total. The van der Waals surface area contributed by atoms with Crippen molar-refractivity contribution in [2.24, 2.45) is 0 Å². The summed E-state index contributed by atoms with van der Waals surface area (Å²) in [4.78, 5) is 0. The molecule has 1 rings (SSSR count). The molecule has 0 fully saturated rings. The van der Waals surface area contributed by atoms with Crippen molar-refractivity contribution >= 4 is 8.32 Å². The zero-order chi connectivity index (χ0) is 12.9. The minimum atomic E-state index is -1.84. The zero-order valence-electron chi connectivity index (χ0n) is 10.9. The number of rotatable bonds is 5. The molecule has 1 unspecified atom stereocenters. The lowest BCUT2D eigenvalue weighted by atomic mass is 9.97. The topological polar surface area (TPSA) is 42.2 Å². The monoisotopic (exact) mass is 249 g/mol. The van der Waals surface area contributed by atoms with Gasteiger partial charge in [-0.25, -0.2) is 0 Å². The van der Waals surface area contributed by atoms with Crippen LogP contribution in [0.15, 0.2) is 30.3 Å². The first-order valence-corrected chi connectivity index (χ1v) is 9.00. The number of ether oxygens (including phenoxy) is 1. The highest BCUT2D eigenvalue weighted by Gasteiger charge is 2.38. The van der Waals surface area contributed by atoms with E-state index in [2.05, 4.69) is 25.7 Å². The van der Waals surface area contributed by atoms with Crippen molar-refractivity contribution in [1.82, 2.24) is 0 Å². The third-order valence-corrected chi connectivity index (χ3v) is 3.21. The van der Waals surface area contributed by atoms with E-state index in [0.29, 0.717) is 0 Å². The van der Waals surface area contributed by atoms with Gasteiger partial charge in [-0.05, 0) is 25.2 Å². The van der Waals surface area contributed by atoms with Crippen molar-refractivity contribution < 1.29 is 9.16 Å². The second kappa shape index (κ2) is 5.45. The lowest BCUT2D eigenvalue weighted by Crippen LogP contribution is -2.42. The van der Waals surface area contributed by atoms with E-state index in [1.807, 2.05) is 30.3 Å². The SMILES string of the molecule is COCC(C#N)(O[Si](C)(C)C)c1ccccc1. The maximum absolute atomic E-state index is 9.49. The van der Waals surface area contributed by atoms with Gasteiger partial charge in [-0.2, -0.15) is 5.26 Å². The summed E-state index contributed by atoms with van der Waals surface area (Å²) < 4.78 is 11.2. The Labute approximate surface area is 104 Å². The molecule has 4 heteroatoms. The quantitative estimate of drug-likeness (QED) is 0.754. The van der Waals surface area contributed by atoms with Crippen LogP contribution in [0.2, 0.25) is 19.6 Å². The minimum absolute atomic E-state index is 0.248. The minimum Gasteiger partial charge on any atom is -0.395 e. The van der Waals surface area contributed by atoms with Gasteiger partial charge in [-0.15, -0.1) is 0 Å². The largest absolute Gasteiger partial charge is 0.395 e. The normalized spacial score (nSPS) is 15.0. The molecule has 0 saturated heterocycles. The third kappa shape index (κ3) is 3.67. The van der Waals surface area contributed by atoms with Crippen molar-refractivity contribution in [2.45, 2.75) is 25.2 Å². The van der Waals surface area contributed by atoms with Gasteiger partial charge in [0.15, 0.2) is 13.9 Å². The molecule has 0 amide bonds. The molecule has 0 aliphatic carbocycles. The van der Waals surface area contributed by atoms with Gasteiger partial charge in [0.2, 0.25) is 0 Å². The molecule has 1 atom stereocenters. The van der Waals surface area contributed by atoms with E-state index < -0.39 is 13.9 Å². The molecule has 3 nitrogen and oxygen atoms in total. The number of nitrogens with zero attached hydrogens (tertiary/aromatic N) is 1. The molecule has 0 bridgehead atoms. The van der Waals surface area contributed by atoms with Crippen molar-refractivity contribution in [3.8, 4) is 6.07 Å². The van der Waals surface area contributed by atoms with Crippen LogP contribution < -0.4 is 0 Å². The highest BCUT2D eigenvalue weighted by Crippen LogP contribution is 2.29. The molecule has 0 heterocycles. The molecule has 0 aliphatic heterocycles. The van der Waals surface area contributed by atoms with E-state index in [1.54, 1.807) is 7.11 Å². The average molecular weight is 249 g/mol. The Morgan fingerprint density at radius 3 is 2.24 bits per heavy atom.